The lowest BCUT2D eigenvalue weighted by Crippen LogP contribution is -2.51. The summed E-state index contributed by atoms with van der Waals surface area (Å²) in [5.41, 5.74) is 1.06. The van der Waals surface area contributed by atoms with Crippen LogP contribution in [0, 0.1) is 0 Å². The van der Waals surface area contributed by atoms with Crippen molar-refractivity contribution in [2.75, 3.05) is 25.5 Å². The number of amides is 1. The number of thiazole rings is 1. The number of methoxy groups -OCH3 is 1. The number of halogens is 1. The predicted octanol–water partition coefficient (Wildman–Crippen LogP) is 3.55. The number of anilines is 1. The van der Waals surface area contributed by atoms with Gasteiger partial charge >= 0.3 is 0 Å². The van der Waals surface area contributed by atoms with Crippen LogP contribution in [0.2, 0.25) is 0 Å². The Labute approximate surface area is 152 Å². The van der Waals surface area contributed by atoms with Crippen LogP contribution in [-0.4, -0.2) is 36.7 Å². The smallest absolute Gasteiger partial charge is 0.256 e. The van der Waals surface area contributed by atoms with Gasteiger partial charge in [0, 0.05) is 18.7 Å². The highest BCUT2D eigenvalue weighted by Gasteiger charge is 2.39. The Morgan fingerprint density at radius 1 is 1.38 bits per heavy atom. The van der Waals surface area contributed by atoms with E-state index in [2.05, 4.69) is 29.5 Å². The monoisotopic (exact) mass is 369 g/mol. The van der Waals surface area contributed by atoms with Crippen molar-refractivity contribution in [3.8, 4) is 0 Å². The first-order valence-corrected chi connectivity index (χ1v) is 8.83. The topological polar surface area (TPSA) is 63.2 Å². The fourth-order valence-electron chi connectivity index (χ4n) is 2.87. The van der Waals surface area contributed by atoms with Gasteiger partial charge in [0.1, 0.15) is 5.60 Å². The quantitative estimate of drug-likeness (QED) is 0.865. The van der Waals surface area contributed by atoms with Gasteiger partial charge in [-0.2, -0.15) is 0 Å². The number of hydrogen-bond donors (Lipinski definition) is 2. The molecule has 1 amide bonds. The van der Waals surface area contributed by atoms with Crippen LogP contribution in [0.5, 0.6) is 0 Å². The normalized spacial score (nSPS) is 16.8. The zero-order valence-corrected chi connectivity index (χ0v) is 15.9. The van der Waals surface area contributed by atoms with E-state index in [1.807, 2.05) is 18.2 Å². The summed E-state index contributed by atoms with van der Waals surface area (Å²) in [4.78, 5) is 17.3. The van der Waals surface area contributed by atoms with Gasteiger partial charge in [-0.1, -0.05) is 13.8 Å². The molecule has 1 aromatic heterocycles. The number of piperidine rings is 1. The van der Waals surface area contributed by atoms with Gasteiger partial charge < -0.3 is 15.4 Å². The van der Waals surface area contributed by atoms with Crippen LogP contribution in [0.1, 0.15) is 37.6 Å². The molecule has 0 saturated carbocycles. The molecule has 1 saturated heterocycles. The van der Waals surface area contributed by atoms with Gasteiger partial charge in [-0.3, -0.25) is 4.79 Å². The van der Waals surface area contributed by atoms with Gasteiger partial charge in [0.05, 0.1) is 15.2 Å². The molecule has 1 aromatic carbocycles. The Bertz CT molecular complexity index is 711. The minimum Gasteiger partial charge on any atom is -0.368 e. The first-order chi connectivity index (χ1) is 11.0. The number of hydrogen-bond acceptors (Lipinski definition) is 5. The van der Waals surface area contributed by atoms with Gasteiger partial charge in [0.15, 0.2) is 0 Å². The maximum absolute atomic E-state index is 12.7. The lowest BCUT2D eigenvalue weighted by atomic mass is 9.91. The molecule has 2 heterocycles. The molecule has 132 valence electrons. The van der Waals surface area contributed by atoms with E-state index in [1.165, 1.54) is 0 Å². The number of nitrogens with zero attached hydrogens (tertiary/aromatic N) is 1. The lowest BCUT2D eigenvalue weighted by molar-refractivity contribution is -0.140. The Morgan fingerprint density at radius 2 is 2.08 bits per heavy atom. The number of carbonyl (C=O) groups is 1. The first-order valence-electron chi connectivity index (χ1n) is 8.02. The van der Waals surface area contributed by atoms with Crippen molar-refractivity contribution in [2.24, 2.45) is 0 Å². The number of ether oxygens (including phenoxy) is 1. The van der Waals surface area contributed by atoms with E-state index in [-0.39, 0.29) is 18.3 Å². The number of benzene rings is 1. The van der Waals surface area contributed by atoms with Crippen molar-refractivity contribution >= 4 is 45.6 Å². The van der Waals surface area contributed by atoms with Crippen molar-refractivity contribution in [2.45, 2.75) is 38.2 Å². The molecule has 0 aliphatic carbocycles. The summed E-state index contributed by atoms with van der Waals surface area (Å²) in [6, 6.07) is 5.88. The maximum atomic E-state index is 12.7. The number of nitrogens with one attached hydrogen (secondary N) is 2. The van der Waals surface area contributed by atoms with Crippen LogP contribution in [0.4, 0.5) is 5.69 Å². The fourth-order valence-corrected chi connectivity index (χ4v) is 3.88. The molecule has 5 nitrogen and oxygen atoms in total. The summed E-state index contributed by atoms with van der Waals surface area (Å²) < 4.78 is 6.67. The highest BCUT2D eigenvalue weighted by molar-refractivity contribution is 7.18. The van der Waals surface area contributed by atoms with E-state index in [1.54, 1.807) is 18.4 Å². The van der Waals surface area contributed by atoms with Gasteiger partial charge in [-0.05, 0) is 44.1 Å². The lowest BCUT2D eigenvalue weighted by Gasteiger charge is -2.34. The Morgan fingerprint density at radius 3 is 2.71 bits per heavy atom. The van der Waals surface area contributed by atoms with Crippen molar-refractivity contribution in [1.82, 2.24) is 10.3 Å². The summed E-state index contributed by atoms with van der Waals surface area (Å²) in [7, 11) is 1.62. The SMILES string of the molecule is COC1(C(=O)Nc2ccc3nc(C(C)C)sc3c2)CCNCC1.Cl. The highest BCUT2D eigenvalue weighted by atomic mass is 35.5. The number of rotatable bonds is 4. The maximum Gasteiger partial charge on any atom is 0.256 e. The van der Waals surface area contributed by atoms with Crippen LogP contribution < -0.4 is 10.6 Å². The van der Waals surface area contributed by atoms with E-state index in [4.69, 9.17) is 4.74 Å². The Hall–Kier alpha value is -1.21. The Balaban J connectivity index is 0.00000208. The van der Waals surface area contributed by atoms with E-state index in [0.717, 1.165) is 34.0 Å². The van der Waals surface area contributed by atoms with Crippen molar-refractivity contribution < 1.29 is 9.53 Å². The second-order valence-corrected chi connectivity index (χ2v) is 7.35. The summed E-state index contributed by atoms with van der Waals surface area (Å²) >= 11 is 1.68. The molecule has 3 rings (SSSR count). The minimum absolute atomic E-state index is 0. The third-order valence-electron chi connectivity index (χ3n) is 4.37. The second-order valence-electron chi connectivity index (χ2n) is 6.29. The molecule has 1 aliphatic heterocycles. The largest absolute Gasteiger partial charge is 0.368 e. The molecule has 0 unspecified atom stereocenters. The van der Waals surface area contributed by atoms with Crippen LogP contribution in [0.3, 0.4) is 0 Å². The molecule has 0 bridgehead atoms. The van der Waals surface area contributed by atoms with Crippen molar-refractivity contribution in [3.05, 3.63) is 23.2 Å². The molecule has 2 N–H and O–H groups in total. The molecular formula is C17H24ClN3O2S. The summed E-state index contributed by atoms with van der Waals surface area (Å²) in [5, 5.41) is 7.41. The van der Waals surface area contributed by atoms with Gasteiger partial charge in [-0.25, -0.2) is 4.98 Å². The average Bonchev–Trinajstić information content (AvgIpc) is 2.99. The molecule has 0 spiro atoms. The standard InChI is InChI=1S/C17H23N3O2S.ClH/c1-11(2)15-20-13-5-4-12(10-14(13)23-15)19-16(21)17(22-3)6-8-18-9-7-17;/h4-5,10-11,18H,6-9H2,1-3H3,(H,19,21);1H. The van der Waals surface area contributed by atoms with Crippen LogP contribution in [0.25, 0.3) is 10.2 Å². The molecule has 1 fully saturated rings. The van der Waals surface area contributed by atoms with E-state index in [9.17, 15) is 4.79 Å². The summed E-state index contributed by atoms with van der Waals surface area (Å²) in [6.45, 7) is 5.87. The predicted molar refractivity (Wildman–Crippen MR) is 101 cm³/mol. The van der Waals surface area contributed by atoms with Crippen molar-refractivity contribution in [3.63, 3.8) is 0 Å². The molecule has 24 heavy (non-hydrogen) atoms. The highest BCUT2D eigenvalue weighted by Crippen LogP contribution is 2.30. The fraction of sp³-hybridized carbons (Fsp3) is 0.529. The first kappa shape index (κ1) is 19.1. The third-order valence-corrected chi connectivity index (χ3v) is 5.69. The zero-order valence-electron chi connectivity index (χ0n) is 14.2. The molecule has 1 aliphatic rings. The van der Waals surface area contributed by atoms with E-state index < -0.39 is 5.60 Å². The summed E-state index contributed by atoms with van der Waals surface area (Å²) in [5.74, 6) is 0.353. The number of fused-ring (bicyclic) bond motifs is 1. The molecule has 0 atom stereocenters. The number of carbonyl (C=O) groups excluding carboxylic acids is 1. The van der Waals surface area contributed by atoms with E-state index >= 15 is 0 Å². The minimum atomic E-state index is -0.725. The van der Waals surface area contributed by atoms with Crippen LogP contribution >= 0.6 is 23.7 Å². The number of aromatic nitrogens is 1. The van der Waals surface area contributed by atoms with Gasteiger partial charge in [0.25, 0.3) is 5.91 Å². The summed E-state index contributed by atoms with van der Waals surface area (Å²) in [6.07, 6.45) is 1.38. The van der Waals surface area contributed by atoms with Gasteiger partial charge in [-0.15, -0.1) is 23.7 Å². The molecule has 0 radical (unpaired) electrons. The zero-order chi connectivity index (χ0) is 16.4. The van der Waals surface area contributed by atoms with Crippen LogP contribution in [-0.2, 0) is 9.53 Å². The van der Waals surface area contributed by atoms with Crippen LogP contribution in [0.15, 0.2) is 18.2 Å². The van der Waals surface area contributed by atoms with Gasteiger partial charge in [0.2, 0.25) is 0 Å². The van der Waals surface area contributed by atoms with Crippen molar-refractivity contribution in [1.29, 1.82) is 0 Å². The molecular weight excluding hydrogens is 346 g/mol. The third kappa shape index (κ3) is 3.72. The molecule has 2 aromatic rings. The molecule has 7 heteroatoms. The Kier molecular flexibility index (Phi) is 6.20. The van der Waals surface area contributed by atoms with E-state index in [0.29, 0.717) is 18.8 Å². The average molecular weight is 370 g/mol. The second kappa shape index (κ2) is 7.78.